The molecule has 0 fully saturated rings. The van der Waals surface area contributed by atoms with Gasteiger partial charge < -0.3 is 10.7 Å². The van der Waals surface area contributed by atoms with E-state index >= 15 is 0 Å². The van der Waals surface area contributed by atoms with Gasteiger partial charge in [0, 0.05) is 30.9 Å². The van der Waals surface area contributed by atoms with Crippen LogP contribution in [-0.4, -0.2) is 31.6 Å². The van der Waals surface area contributed by atoms with Crippen molar-refractivity contribution in [3.8, 4) is 11.5 Å². The number of nitrogen functional groups attached to an aromatic ring is 1. The van der Waals surface area contributed by atoms with Crippen LogP contribution in [0.15, 0.2) is 36.4 Å². The summed E-state index contributed by atoms with van der Waals surface area (Å²) in [5.74, 6) is 0.876. The molecule has 4 N–H and O–H groups in total. The van der Waals surface area contributed by atoms with Crippen LogP contribution in [0.5, 0.6) is 0 Å². The molecule has 0 amide bonds. The fourth-order valence-corrected chi connectivity index (χ4v) is 3.96. The minimum absolute atomic E-state index is 0.804. The Labute approximate surface area is 163 Å². The number of nitrogens with two attached hydrogens (primary N) is 1. The summed E-state index contributed by atoms with van der Waals surface area (Å²) in [6.45, 7) is 7.00. The topological polar surface area (TPSA) is 86.6 Å². The van der Waals surface area contributed by atoms with Crippen LogP contribution in [0.25, 0.3) is 22.6 Å². The molecule has 0 saturated heterocycles. The van der Waals surface area contributed by atoms with E-state index < -0.39 is 0 Å². The lowest BCUT2D eigenvalue weighted by Gasteiger charge is -2.26. The van der Waals surface area contributed by atoms with Gasteiger partial charge in [-0.1, -0.05) is 12.1 Å². The number of nitrogens with one attached hydrogen (secondary N) is 2. The molecule has 28 heavy (non-hydrogen) atoms. The molecule has 0 radical (unpaired) electrons. The van der Waals surface area contributed by atoms with Crippen molar-refractivity contribution in [3.05, 3.63) is 64.3 Å². The summed E-state index contributed by atoms with van der Waals surface area (Å²) >= 11 is 0. The fraction of sp³-hybridized carbons (Fsp3) is 0.273. The Morgan fingerprint density at radius 3 is 2.71 bits per heavy atom. The molecule has 2 aromatic carbocycles. The zero-order chi connectivity index (χ0) is 19.3. The largest absolute Gasteiger partial charge is 0.399 e. The molecule has 0 atom stereocenters. The first-order valence-corrected chi connectivity index (χ1v) is 9.67. The Bertz CT molecular complexity index is 1110. The summed E-state index contributed by atoms with van der Waals surface area (Å²) in [4.78, 5) is 10.7. The number of aryl methyl sites for hydroxylation is 2. The van der Waals surface area contributed by atoms with Gasteiger partial charge in [-0.3, -0.25) is 10.00 Å². The van der Waals surface area contributed by atoms with E-state index in [-0.39, 0.29) is 0 Å². The lowest BCUT2D eigenvalue weighted by atomic mass is 10.0. The van der Waals surface area contributed by atoms with E-state index in [2.05, 4.69) is 58.2 Å². The van der Waals surface area contributed by atoms with E-state index in [1.54, 1.807) is 0 Å². The van der Waals surface area contributed by atoms with Crippen molar-refractivity contribution < 1.29 is 0 Å². The summed E-state index contributed by atoms with van der Waals surface area (Å²) in [5.41, 5.74) is 15.9. The average Bonchev–Trinajstić information content (AvgIpc) is 3.27. The smallest absolute Gasteiger partial charge is 0.156 e. The highest BCUT2D eigenvalue weighted by Crippen LogP contribution is 2.29. The molecule has 2 aromatic heterocycles. The highest BCUT2D eigenvalue weighted by molar-refractivity contribution is 5.81. The Morgan fingerprint density at radius 1 is 1.11 bits per heavy atom. The zero-order valence-electron chi connectivity index (χ0n) is 16.2. The zero-order valence-corrected chi connectivity index (χ0v) is 16.2. The number of hydrogen-bond acceptors (Lipinski definition) is 4. The maximum atomic E-state index is 5.79. The second-order valence-corrected chi connectivity index (χ2v) is 7.77. The predicted octanol–water partition coefficient (Wildman–Crippen LogP) is 3.71. The molecule has 1 aliphatic rings. The normalized spacial score (nSPS) is 14.5. The number of rotatable bonds is 3. The lowest BCUT2D eigenvalue weighted by molar-refractivity contribution is 0.242. The van der Waals surface area contributed by atoms with Gasteiger partial charge in [0.1, 0.15) is 5.69 Å². The van der Waals surface area contributed by atoms with Crippen molar-refractivity contribution in [2.75, 3.05) is 12.3 Å². The third-order valence-electron chi connectivity index (χ3n) is 5.72. The van der Waals surface area contributed by atoms with Gasteiger partial charge in [0.25, 0.3) is 0 Å². The Kier molecular flexibility index (Phi) is 3.94. The third-order valence-corrected chi connectivity index (χ3v) is 5.72. The summed E-state index contributed by atoms with van der Waals surface area (Å²) in [6, 6.07) is 12.4. The van der Waals surface area contributed by atoms with Gasteiger partial charge in [0.15, 0.2) is 5.82 Å². The van der Waals surface area contributed by atoms with Gasteiger partial charge in [0.2, 0.25) is 0 Å². The van der Waals surface area contributed by atoms with Crippen LogP contribution in [0.2, 0.25) is 0 Å². The van der Waals surface area contributed by atoms with E-state index in [9.17, 15) is 0 Å². The minimum Gasteiger partial charge on any atom is -0.399 e. The molecular weight excluding hydrogens is 348 g/mol. The molecule has 0 aliphatic carbocycles. The average molecular weight is 372 g/mol. The Morgan fingerprint density at radius 2 is 1.89 bits per heavy atom. The van der Waals surface area contributed by atoms with Crippen LogP contribution in [0.1, 0.15) is 27.9 Å². The first-order chi connectivity index (χ1) is 13.6. The first kappa shape index (κ1) is 17.0. The molecule has 0 bridgehead atoms. The maximum absolute atomic E-state index is 5.79. The summed E-state index contributed by atoms with van der Waals surface area (Å²) < 4.78 is 0. The molecule has 5 rings (SSSR count). The van der Waals surface area contributed by atoms with Gasteiger partial charge in [-0.2, -0.15) is 5.10 Å². The van der Waals surface area contributed by atoms with Gasteiger partial charge in [0.05, 0.1) is 16.7 Å². The molecule has 142 valence electrons. The fourth-order valence-electron chi connectivity index (χ4n) is 3.96. The van der Waals surface area contributed by atoms with Crippen LogP contribution in [-0.2, 0) is 19.5 Å². The van der Waals surface area contributed by atoms with Crippen LogP contribution < -0.4 is 5.73 Å². The number of H-pyrrole nitrogens is 2. The second kappa shape index (κ2) is 6.49. The number of anilines is 1. The molecule has 6 heteroatoms. The van der Waals surface area contributed by atoms with Gasteiger partial charge >= 0.3 is 0 Å². The van der Waals surface area contributed by atoms with Crippen molar-refractivity contribution >= 4 is 16.7 Å². The molecule has 4 aromatic rings. The standard InChI is InChI=1S/C22H24N6/c1-13-9-18-19(10-14(13)2)25-22(24-18)21-17-7-8-28(12-20(17)26-27-21)11-15-3-5-16(23)6-4-15/h3-6,9-10H,7-8,11-12,23H2,1-2H3,(H,24,25)(H,26,27). The molecule has 0 saturated carbocycles. The van der Waals surface area contributed by atoms with Gasteiger partial charge in [-0.25, -0.2) is 4.98 Å². The Hall–Kier alpha value is -3.12. The van der Waals surface area contributed by atoms with Gasteiger partial charge in [-0.15, -0.1) is 0 Å². The SMILES string of the molecule is Cc1cc2nc(-c3[nH]nc4c3CCN(Cc3ccc(N)cc3)C4)[nH]c2cc1C. The van der Waals surface area contributed by atoms with E-state index in [1.165, 1.54) is 22.3 Å². The van der Waals surface area contributed by atoms with Crippen molar-refractivity contribution in [1.82, 2.24) is 25.1 Å². The van der Waals surface area contributed by atoms with E-state index in [0.717, 1.165) is 60.0 Å². The number of nitrogens with zero attached hydrogens (tertiary/aromatic N) is 3. The predicted molar refractivity (Wildman–Crippen MR) is 112 cm³/mol. The highest BCUT2D eigenvalue weighted by atomic mass is 15.2. The Balaban J connectivity index is 1.40. The number of aromatic amines is 2. The number of aromatic nitrogens is 4. The third kappa shape index (κ3) is 2.96. The van der Waals surface area contributed by atoms with Crippen molar-refractivity contribution in [3.63, 3.8) is 0 Å². The highest BCUT2D eigenvalue weighted by Gasteiger charge is 2.24. The second-order valence-electron chi connectivity index (χ2n) is 7.77. The lowest BCUT2D eigenvalue weighted by Crippen LogP contribution is -2.30. The summed E-state index contributed by atoms with van der Waals surface area (Å²) in [7, 11) is 0. The van der Waals surface area contributed by atoms with Crippen molar-refractivity contribution in [1.29, 1.82) is 0 Å². The van der Waals surface area contributed by atoms with E-state index in [4.69, 9.17) is 10.7 Å². The van der Waals surface area contributed by atoms with Crippen LogP contribution in [0, 0.1) is 13.8 Å². The van der Waals surface area contributed by atoms with Crippen LogP contribution in [0.4, 0.5) is 5.69 Å². The quantitative estimate of drug-likeness (QED) is 0.479. The molecule has 3 heterocycles. The maximum Gasteiger partial charge on any atom is 0.156 e. The number of hydrogen-bond donors (Lipinski definition) is 3. The summed E-state index contributed by atoms with van der Waals surface area (Å²) in [5, 5.41) is 7.83. The summed E-state index contributed by atoms with van der Waals surface area (Å²) in [6.07, 6.45) is 0.964. The van der Waals surface area contributed by atoms with E-state index in [0.29, 0.717) is 0 Å². The van der Waals surface area contributed by atoms with E-state index in [1.807, 2.05) is 12.1 Å². The minimum atomic E-state index is 0.804. The molecule has 6 nitrogen and oxygen atoms in total. The van der Waals surface area contributed by atoms with Crippen molar-refractivity contribution in [2.24, 2.45) is 0 Å². The molecule has 0 spiro atoms. The van der Waals surface area contributed by atoms with Crippen molar-refractivity contribution in [2.45, 2.75) is 33.4 Å². The first-order valence-electron chi connectivity index (χ1n) is 9.67. The number of fused-ring (bicyclic) bond motifs is 2. The number of imidazole rings is 1. The molecular formula is C22H24N6. The molecule has 1 aliphatic heterocycles. The molecule has 0 unspecified atom stereocenters. The van der Waals surface area contributed by atoms with Crippen LogP contribution in [0.3, 0.4) is 0 Å². The van der Waals surface area contributed by atoms with Crippen LogP contribution >= 0.6 is 0 Å². The monoisotopic (exact) mass is 372 g/mol. The van der Waals surface area contributed by atoms with Gasteiger partial charge in [-0.05, 0) is 61.2 Å². The number of benzene rings is 2.